The lowest BCUT2D eigenvalue weighted by Gasteiger charge is -2.08. The SMILES string of the molecule is CCNC(C)c1csc(-c2ncc(Br)cc2Br)n1. The zero-order valence-corrected chi connectivity index (χ0v) is 14.1. The molecule has 0 aromatic carbocycles. The first-order valence-electron chi connectivity index (χ1n) is 5.62. The Hall–Kier alpha value is -0.300. The third-order valence-corrected chi connectivity index (χ3v) is 4.39. The van der Waals surface area contributed by atoms with Gasteiger partial charge in [0.1, 0.15) is 10.7 Å². The number of nitrogens with zero attached hydrogens (tertiary/aromatic N) is 2. The Morgan fingerprint density at radius 1 is 1.44 bits per heavy atom. The Morgan fingerprint density at radius 3 is 2.89 bits per heavy atom. The van der Waals surface area contributed by atoms with Gasteiger partial charge in [-0.3, -0.25) is 4.98 Å². The van der Waals surface area contributed by atoms with Crippen molar-refractivity contribution in [1.29, 1.82) is 0 Å². The van der Waals surface area contributed by atoms with Gasteiger partial charge in [-0.2, -0.15) is 0 Å². The van der Waals surface area contributed by atoms with Crippen molar-refractivity contribution >= 4 is 43.2 Å². The van der Waals surface area contributed by atoms with E-state index in [9.17, 15) is 0 Å². The predicted octanol–water partition coefficient (Wildman–Crippen LogP) is 4.40. The van der Waals surface area contributed by atoms with Gasteiger partial charge in [0.15, 0.2) is 0 Å². The lowest BCUT2D eigenvalue weighted by atomic mass is 10.2. The van der Waals surface area contributed by atoms with Gasteiger partial charge in [0, 0.05) is 26.6 Å². The Balaban J connectivity index is 2.29. The third-order valence-electron chi connectivity index (χ3n) is 2.49. The molecule has 0 radical (unpaired) electrons. The number of nitrogens with one attached hydrogen (secondary N) is 1. The Bertz CT molecular complexity index is 542. The van der Waals surface area contributed by atoms with Gasteiger partial charge in [-0.25, -0.2) is 4.98 Å². The number of aromatic nitrogens is 2. The summed E-state index contributed by atoms with van der Waals surface area (Å²) >= 11 is 8.54. The van der Waals surface area contributed by atoms with Gasteiger partial charge in [0.05, 0.1) is 5.69 Å². The van der Waals surface area contributed by atoms with Crippen molar-refractivity contribution in [3.8, 4) is 10.7 Å². The monoisotopic (exact) mass is 389 g/mol. The molecule has 2 aromatic heterocycles. The average molecular weight is 391 g/mol. The van der Waals surface area contributed by atoms with Crippen molar-refractivity contribution in [3.05, 3.63) is 32.3 Å². The van der Waals surface area contributed by atoms with Crippen LogP contribution in [0, 0.1) is 0 Å². The summed E-state index contributed by atoms with van der Waals surface area (Å²) in [6.07, 6.45) is 1.79. The molecule has 0 saturated carbocycles. The van der Waals surface area contributed by atoms with E-state index in [0.29, 0.717) is 0 Å². The van der Waals surface area contributed by atoms with Crippen molar-refractivity contribution in [2.75, 3.05) is 6.54 Å². The normalized spacial score (nSPS) is 12.7. The quantitative estimate of drug-likeness (QED) is 0.840. The lowest BCUT2D eigenvalue weighted by molar-refractivity contribution is 0.587. The largest absolute Gasteiger partial charge is 0.309 e. The fraction of sp³-hybridized carbons (Fsp3) is 0.333. The summed E-state index contributed by atoms with van der Waals surface area (Å²) in [6, 6.07) is 2.26. The van der Waals surface area contributed by atoms with Crippen molar-refractivity contribution < 1.29 is 0 Å². The van der Waals surface area contributed by atoms with Crippen molar-refractivity contribution in [1.82, 2.24) is 15.3 Å². The van der Waals surface area contributed by atoms with Crippen LogP contribution in [0.15, 0.2) is 26.6 Å². The van der Waals surface area contributed by atoms with Crippen LogP contribution in [-0.2, 0) is 0 Å². The van der Waals surface area contributed by atoms with Crippen LogP contribution in [0.25, 0.3) is 10.7 Å². The van der Waals surface area contributed by atoms with Crippen molar-refractivity contribution in [2.24, 2.45) is 0 Å². The molecule has 6 heteroatoms. The van der Waals surface area contributed by atoms with E-state index in [1.165, 1.54) is 0 Å². The first kappa shape index (κ1) is 14.1. The summed E-state index contributed by atoms with van der Waals surface area (Å²) < 4.78 is 1.91. The smallest absolute Gasteiger partial charge is 0.143 e. The lowest BCUT2D eigenvalue weighted by Crippen LogP contribution is -2.17. The zero-order valence-electron chi connectivity index (χ0n) is 10.1. The summed E-state index contributed by atoms with van der Waals surface area (Å²) in [5, 5.41) is 6.38. The first-order valence-corrected chi connectivity index (χ1v) is 8.08. The van der Waals surface area contributed by atoms with E-state index in [1.54, 1.807) is 17.5 Å². The van der Waals surface area contributed by atoms with E-state index in [2.05, 4.69) is 66.4 Å². The fourth-order valence-electron chi connectivity index (χ4n) is 1.58. The van der Waals surface area contributed by atoms with E-state index >= 15 is 0 Å². The van der Waals surface area contributed by atoms with Gasteiger partial charge in [0.2, 0.25) is 0 Å². The molecule has 0 amide bonds. The summed E-state index contributed by atoms with van der Waals surface area (Å²) in [5.74, 6) is 0. The number of rotatable bonds is 4. The van der Waals surface area contributed by atoms with Gasteiger partial charge >= 0.3 is 0 Å². The van der Waals surface area contributed by atoms with Gasteiger partial charge in [-0.1, -0.05) is 6.92 Å². The first-order chi connectivity index (χ1) is 8.61. The molecular formula is C12H13Br2N3S. The van der Waals surface area contributed by atoms with Gasteiger partial charge in [-0.15, -0.1) is 11.3 Å². The summed E-state index contributed by atoms with van der Waals surface area (Å²) in [4.78, 5) is 9.04. The van der Waals surface area contributed by atoms with Crippen LogP contribution in [0.1, 0.15) is 25.6 Å². The van der Waals surface area contributed by atoms with E-state index < -0.39 is 0 Å². The summed E-state index contributed by atoms with van der Waals surface area (Å²) in [7, 11) is 0. The van der Waals surface area contributed by atoms with Crippen LogP contribution < -0.4 is 5.32 Å². The molecule has 18 heavy (non-hydrogen) atoms. The van der Waals surface area contributed by atoms with Crippen LogP contribution in [0.3, 0.4) is 0 Å². The number of thiazole rings is 1. The second kappa shape index (κ2) is 6.23. The standard InChI is InChI=1S/C12H13Br2N3S/c1-3-15-7(2)10-6-18-12(17-10)11-9(14)4-8(13)5-16-11/h4-7,15H,3H2,1-2H3. The maximum absolute atomic E-state index is 4.64. The zero-order chi connectivity index (χ0) is 13.1. The van der Waals surface area contributed by atoms with Gasteiger partial charge in [-0.05, 0) is 51.4 Å². The van der Waals surface area contributed by atoms with Crippen molar-refractivity contribution in [3.63, 3.8) is 0 Å². The van der Waals surface area contributed by atoms with E-state index in [4.69, 9.17) is 0 Å². The van der Waals surface area contributed by atoms with Crippen LogP contribution in [0.2, 0.25) is 0 Å². The van der Waals surface area contributed by atoms with Crippen LogP contribution in [-0.4, -0.2) is 16.5 Å². The molecule has 96 valence electrons. The van der Waals surface area contributed by atoms with Crippen LogP contribution in [0.5, 0.6) is 0 Å². The molecule has 2 aromatic rings. The minimum atomic E-state index is 0.272. The highest BCUT2D eigenvalue weighted by atomic mass is 79.9. The highest BCUT2D eigenvalue weighted by Crippen LogP contribution is 2.31. The fourth-order valence-corrected chi connectivity index (χ4v) is 3.80. The Labute approximate surface area is 127 Å². The Morgan fingerprint density at radius 2 is 2.22 bits per heavy atom. The highest BCUT2D eigenvalue weighted by molar-refractivity contribution is 9.11. The number of pyridine rings is 1. The van der Waals surface area contributed by atoms with E-state index in [1.807, 2.05) is 6.07 Å². The van der Waals surface area contributed by atoms with E-state index in [0.717, 1.165) is 31.9 Å². The average Bonchev–Trinajstić information content (AvgIpc) is 2.78. The topological polar surface area (TPSA) is 37.8 Å². The molecule has 2 rings (SSSR count). The molecular weight excluding hydrogens is 378 g/mol. The van der Waals surface area contributed by atoms with Crippen molar-refractivity contribution in [2.45, 2.75) is 19.9 Å². The third kappa shape index (κ3) is 3.17. The number of halogens is 2. The molecule has 0 spiro atoms. The molecule has 0 saturated heterocycles. The maximum atomic E-state index is 4.64. The molecule has 0 aliphatic rings. The summed E-state index contributed by atoms with van der Waals surface area (Å²) in [5.41, 5.74) is 1.95. The number of hydrogen-bond donors (Lipinski definition) is 1. The molecule has 3 nitrogen and oxygen atoms in total. The second-order valence-electron chi connectivity index (χ2n) is 3.84. The molecule has 0 bridgehead atoms. The minimum absolute atomic E-state index is 0.272. The van der Waals surface area contributed by atoms with Crippen LogP contribution in [0.4, 0.5) is 0 Å². The Kier molecular flexibility index (Phi) is 4.89. The molecule has 1 atom stereocenters. The molecule has 0 aliphatic carbocycles. The second-order valence-corrected chi connectivity index (χ2v) is 6.47. The maximum Gasteiger partial charge on any atom is 0.143 e. The van der Waals surface area contributed by atoms with Crippen LogP contribution >= 0.6 is 43.2 Å². The molecule has 1 unspecified atom stereocenters. The molecule has 1 N–H and O–H groups in total. The minimum Gasteiger partial charge on any atom is -0.309 e. The molecule has 0 fully saturated rings. The predicted molar refractivity (Wildman–Crippen MR) is 82.8 cm³/mol. The van der Waals surface area contributed by atoms with E-state index in [-0.39, 0.29) is 6.04 Å². The molecule has 2 heterocycles. The molecule has 0 aliphatic heterocycles. The number of hydrogen-bond acceptors (Lipinski definition) is 4. The van der Waals surface area contributed by atoms with Gasteiger partial charge < -0.3 is 5.32 Å². The highest BCUT2D eigenvalue weighted by Gasteiger charge is 2.13. The summed E-state index contributed by atoms with van der Waals surface area (Å²) in [6.45, 7) is 5.15. The van der Waals surface area contributed by atoms with Gasteiger partial charge in [0.25, 0.3) is 0 Å².